The number of hydrogen-bond acceptors (Lipinski definition) is 4. The van der Waals surface area contributed by atoms with Gasteiger partial charge in [-0.05, 0) is 57.4 Å². The van der Waals surface area contributed by atoms with Gasteiger partial charge in [0, 0.05) is 29.4 Å². The summed E-state index contributed by atoms with van der Waals surface area (Å²) in [6.07, 6.45) is 11.0. The molecule has 0 fully saturated rings. The van der Waals surface area contributed by atoms with Crippen LogP contribution in [0.25, 0.3) is 17.4 Å². The zero-order chi connectivity index (χ0) is 27.0. The van der Waals surface area contributed by atoms with Crippen molar-refractivity contribution in [2.24, 2.45) is 0 Å². The third-order valence-electron chi connectivity index (χ3n) is 6.01. The first-order valence-corrected chi connectivity index (χ1v) is 12.6. The second-order valence-corrected chi connectivity index (χ2v) is 8.63. The van der Waals surface area contributed by atoms with Gasteiger partial charge >= 0.3 is 6.18 Å². The number of methoxy groups -OCH3 is 1. The van der Waals surface area contributed by atoms with E-state index in [9.17, 15) is 13.2 Å². The van der Waals surface area contributed by atoms with Crippen LogP contribution in [0.2, 0.25) is 0 Å². The van der Waals surface area contributed by atoms with E-state index in [0.717, 1.165) is 35.4 Å². The molecule has 5 nitrogen and oxygen atoms in total. The van der Waals surface area contributed by atoms with Crippen LogP contribution in [0, 0.1) is 0 Å². The highest BCUT2D eigenvalue weighted by Crippen LogP contribution is 2.35. The zero-order valence-electron chi connectivity index (χ0n) is 22.1. The summed E-state index contributed by atoms with van der Waals surface area (Å²) >= 11 is 0. The Balaban J connectivity index is 1.99. The largest absolute Gasteiger partial charge is 0.496 e. The van der Waals surface area contributed by atoms with Crippen molar-refractivity contribution in [3.05, 3.63) is 82.9 Å². The van der Waals surface area contributed by atoms with Crippen LogP contribution >= 0.6 is 0 Å². The highest BCUT2D eigenvalue weighted by atomic mass is 19.4. The van der Waals surface area contributed by atoms with Crippen molar-refractivity contribution in [2.45, 2.75) is 65.7 Å². The van der Waals surface area contributed by atoms with Crippen LogP contribution in [0.3, 0.4) is 0 Å². The maximum atomic E-state index is 13.6. The molecule has 8 heteroatoms. The summed E-state index contributed by atoms with van der Waals surface area (Å²) in [6.45, 7) is 8.13. The molecule has 0 aliphatic carbocycles. The Kier molecular flexibility index (Phi) is 9.55. The standard InChI is InChI=1S/C29H35F3N4O/c1-6-10-20(18-21(11-7-2)29(30,31)32)25-19-26-24(15-17-36(26)35-25)34-28-23(12-8-3)22(14-16-33-28)27(37-5)13-9-4/h6,8,10-14,16,18-19,24H,7,9,15,17H2,1-5H3,(H,33,34)/b10-6-,12-8-,20-18+,21-11-,27-13+. The van der Waals surface area contributed by atoms with Crippen LogP contribution in [0.15, 0.2) is 60.4 Å². The molecular weight excluding hydrogens is 477 g/mol. The van der Waals surface area contributed by atoms with Crippen molar-refractivity contribution in [1.29, 1.82) is 0 Å². The number of halogens is 3. The van der Waals surface area contributed by atoms with Crippen molar-refractivity contribution in [2.75, 3.05) is 12.4 Å². The van der Waals surface area contributed by atoms with E-state index in [1.165, 1.54) is 12.2 Å². The lowest BCUT2D eigenvalue weighted by Gasteiger charge is -2.18. The van der Waals surface area contributed by atoms with Gasteiger partial charge in [-0.2, -0.15) is 18.3 Å². The number of anilines is 1. The first-order chi connectivity index (χ1) is 17.8. The molecule has 1 aliphatic heterocycles. The van der Waals surface area contributed by atoms with E-state index < -0.39 is 11.7 Å². The van der Waals surface area contributed by atoms with Crippen molar-refractivity contribution in [3.8, 4) is 0 Å². The normalized spacial score (nSPS) is 17.2. The fourth-order valence-corrected chi connectivity index (χ4v) is 4.40. The van der Waals surface area contributed by atoms with Crippen molar-refractivity contribution in [1.82, 2.24) is 14.8 Å². The summed E-state index contributed by atoms with van der Waals surface area (Å²) in [5.41, 5.74) is 3.02. The van der Waals surface area contributed by atoms with Crippen LogP contribution in [-0.2, 0) is 11.3 Å². The Hall–Kier alpha value is -3.55. The van der Waals surface area contributed by atoms with Gasteiger partial charge in [-0.25, -0.2) is 4.98 Å². The van der Waals surface area contributed by atoms with Gasteiger partial charge in [-0.15, -0.1) is 0 Å². The first kappa shape index (κ1) is 28.0. The van der Waals surface area contributed by atoms with E-state index in [1.807, 2.05) is 42.0 Å². The number of ether oxygens (including phenoxy) is 1. The Labute approximate surface area is 217 Å². The maximum Gasteiger partial charge on any atom is 0.416 e. The highest BCUT2D eigenvalue weighted by Gasteiger charge is 2.32. The van der Waals surface area contributed by atoms with E-state index in [-0.39, 0.29) is 6.04 Å². The molecule has 37 heavy (non-hydrogen) atoms. The Morgan fingerprint density at radius 1 is 1.19 bits per heavy atom. The van der Waals surface area contributed by atoms with Crippen LogP contribution in [0.1, 0.15) is 75.5 Å². The molecule has 1 N–H and O–H groups in total. The number of fused-ring (bicyclic) bond motifs is 1. The zero-order valence-corrected chi connectivity index (χ0v) is 22.1. The number of nitrogens with one attached hydrogen (secondary N) is 1. The van der Waals surface area contributed by atoms with Gasteiger partial charge in [-0.1, -0.05) is 44.2 Å². The van der Waals surface area contributed by atoms with Crippen LogP contribution in [0.5, 0.6) is 0 Å². The quantitative estimate of drug-likeness (QED) is 0.258. The highest BCUT2D eigenvalue weighted by molar-refractivity contribution is 5.77. The molecule has 2 aromatic rings. The lowest BCUT2D eigenvalue weighted by molar-refractivity contribution is -0.0883. The summed E-state index contributed by atoms with van der Waals surface area (Å²) in [7, 11) is 1.65. The average Bonchev–Trinajstić information content (AvgIpc) is 3.44. The SMILES string of the molecule is C\C=C/C(=C\C(=C\CC)C(F)(F)F)c1cc2n(n1)CCC2Nc1nccc(/C(=C\CC)OC)c1/C=C\C. The fraction of sp³-hybridized carbons (Fsp3) is 0.379. The minimum Gasteiger partial charge on any atom is -0.496 e. The van der Waals surface area contributed by atoms with E-state index in [1.54, 1.807) is 39.3 Å². The third-order valence-corrected chi connectivity index (χ3v) is 6.01. The molecule has 0 saturated carbocycles. The van der Waals surface area contributed by atoms with E-state index in [0.29, 0.717) is 30.1 Å². The predicted molar refractivity (Wildman–Crippen MR) is 145 cm³/mol. The van der Waals surface area contributed by atoms with Gasteiger partial charge in [0.15, 0.2) is 0 Å². The molecule has 0 bridgehead atoms. The number of aromatic nitrogens is 3. The summed E-state index contributed by atoms with van der Waals surface area (Å²) in [5.74, 6) is 1.49. The molecule has 1 atom stereocenters. The molecule has 0 aromatic carbocycles. The number of alkyl halides is 3. The molecule has 3 heterocycles. The minimum atomic E-state index is -4.43. The molecule has 198 valence electrons. The Morgan fingerprint density at radius 2 is 1.95 bits per heavy atom. The van der Waals surface area contributed by atoms with Crippen LogP contribution < -0.4 is 5.32 Å². The first-order valence-electron chi connectivity index (χ1n) is 12.6. The molecule has 2 aromatic heterocycles. The van der Waals surface area contributed by atoms with Crippen molar-refractivity contribution >= 4 is 23.2 Å². The molecule has 1 aliphatic rings. The fourth-order valence-electron chi connectivity index (χ4n) is 4.40. The summed E-state index contributed by atoms with van der Waals surface area (Å²) < 4.78 is 48.2. The van der Waals surface area contributed by atoms with Gasteiger partial charge in [0.1, 0.15) is 11.6 Å². The topological polar surface area (TPSA) is 52.0 Å². The lowest BCUT2D eigenvalue weighted by Crippen LogP contribution is -2.11. The van der Waals surface area contributed by atoms with Gasteiger partial charge in [0.25, 0.3) is 0 Å². The number of aryl methyl sites for hydroxylation is 1. The molecule has 0 spiro atoms. The van der Waals surface area contributed by atoms with Crippen molar-refractivity contribution < 1.29 is 17.9 Å². The summed E-state index contributed by atoms with van der Waals surface area (Å²) in [4.78, 5) is 4.60. The van der Waals surface area contributed by atoms with Gasteiger partial charge in [-0.3, -0.25) is 4.68 Å². The summed E-state index contributed by atoms with van der Waals surface area (Å²) in [6, 6.07) is 3.71. The number of pyridine rings is 1. The molecule has 3 rings (SSSR count). The molecule has 1 unspecified atom stereocenters. The lowest BCUT2D eigenvalue weighted by atomic mass is 10.0. The minimum absolute atomic E-state index is 0.0886. The molecule has 0 saturated heterocycles. The predicted octanol–water partition coefficient (Wildman–Crippen LogP) is 8.12. The van der Waals surface area contributed by atoms with Gasteiger partial charge < -0.3 is 10.1 Å². The smallest absolute Gasteiger partial charge is 0.416 e. The number of hydrogen-bond donors (Lipinski definition) is 1. The van der Waals surface area contributed by atoms with E-state index in [2.05, 4.69) is 22.3 Å². The van der Waals surface area contributed by atoms with E-state index in [4.69, 9.17) is 4.74 Å². The Bertz CT molecular complexity index is 1230. The summed E-state index contributed by atoms with van der Waals surface area (Å²) in [5, 5.41) is 8.18. The van der Waals surface area contributed by atoms with Crippen molar-refractivity contribution in [3.63, 3.8) is 0 Å². The third kappa shape index (κ3) is 6.61. The molecule has 0 radical (unpaired) electrons. The van der Waals surface area contributed by atoms with Crippen LogP contribution in [-0.4, -0.2) is 28.1 Å². The molecule has 0 amide bonds. The molecular formula is C29H35F3N4O. The number of allylic oxidation sites excluding steroid dienone is 8. The average molecular weight is 513 g/mol. The second kappa shape index (κ2) is 12.6. The van der Waals surface area contributed by atoms with Crippen LogP contribution in [0.4, 0.5) is 19.0 Å². The van der Waals surface area contributed by atoms with Gasteiger partial charge in [0.05, 0.1) is 30.1 Å². The second-order valence-electron chi connectivity index (χ2n) is 8.63. The maximum absolute atomic E-state index is 13.6. The number of rotatable bonds is 10. The number of nitrogens with zero attached hydrogens (tertiary/aromatic N) is 3. The Morgan fingerprint density at radius 3 is 2.57 bits per heavy atom. The van der Waals surface area contributed by atoms with E-state index >= 15 is 0 Å². The van der Waals surface area contributed by atoms with Gasteiger partial charge in [0.2, 0.25) is 0 Å². The monoisotopic (exact) mass is 512 g/mol.